The Balaban J connectivity index is 1.83. The lowest BCUT2D eigenvalue weighted by molar-refractivity contribution is -0.137. The van der Waals surface area contributed by atoms with Crippen LogP contribution < -0.4 is 5.32 Å². The number of rotatable bonds is 11. The van der Waals surface area contributed by atoms with E-state index in [9.17, 15) is 22.9 Å². The summed E-state index contributed by atoms with van der Waals surface area (Å²) in [7, 11) is 0. The number of carbonyl (C=O) groups is 2. The predicted molar refractivity (Wildman–Crippen MR) is 151 cm³/mol. The highest BCUT2D eigenvalue weighted by molar-refractivity contribution is 7.91. The minimum Gasteiger partial charge on any atom is -0.615 e. The number of carboxylic acid groups (broad SMARTS) is 1. The van der Waals surface area contributed by atoms with E-state index in [0.717, 1.165) is 11.1 Å². The minimum absolute atomic E-state index is 0.00468. The van der Waals surface area contributed by atoms with Gasteiger partial charge in [-0.1, -0.05) is 36.4 Å². The topological polar surface area (TPSA) is 107 Å². The van der Waals surface area contributed by atoms with Gasteiger partial charge in [-0.25, -0.2) is 13.8 Å². The van der Waals surface area contributed by atoms with Crippen molar-refractivity contribution in [1.82, 2.24) is 14.9 Å². The van der Waals surface area contributed by atoms with Gasteiger partial charge < -0.3 is 19.5 Å². The number of nitrogens with zero attached hydrogens (tertiary/aromatic N) is 2. The summed E-state index contributed by atoms with van der Waals surface area (Å²) in [5.41, 5.74) is 3.51. The van der Waals surface area contributed by atoms with Gasteiger partial charge in [0.05, 0.1) is 19.0 Å². The van der Waals surface area contributed by atoms with Crippen molar-refractivity contribution in [2.75, 3.05) is 6.26 Å². The first kappa shape index (κ1) is 28.7. The maximum absolute atomic E-state index is 13.8. The van der Waals surface area contributed by atoms with Gasteiger partial charge in [0.25, 0.3) is 5.91 Å². The molecule has 0 spiro atoms. The molecule has 0 aliphatic carbocycles. The molecular weight excluding hydrogens is 536 g/mol. The highest BCUT2D eigenvalue weighted by Crippen LogP contribution is 2.32. The molecule has 0 saturated heterocycles. The predicted octanol–water partition coefficient (Wildman–Crippen LogP) is 5.37. The van der Waals surface area contributed by atoms with E-state index in [-0.39, 0.29) is 24.2 Å². The van der Waals surface area contributed by atoms with Crippen molar-refractivity contribution in [3.05, 3.63) is 114 Å². The average molecular weight is 564 g/mol. The summed E-state index contributed by atoms with van der Waals surface area (Å²) in [5.74, 6) is -2.42. The first-order chi connectivity index (χ1) is 19.2. The Hall–Kier alpha value is -4.28. The van der Waals surface area contributed by atoms with E-state index in [1.54, 1.807) is 55.1 Å². The number of halogens is 2. The number of hydrogen-bond donors (Lipinski definition) is 2. The van der Waals surface area contributed by atoms with Crippen molar-refractivity contribution in [3.63, 3.8) is 0 Å². The lowest BCUT2D eigenvalue weighted by Crippen LogP contribution is -2.40. The molecule has 3 aromatic carbocycles. The fourth-order valence-electron chi connectivity index (χ4n) is 4.27. The number of hydrogen-bond acceptors (Lipinski definition) is 4. The molecule has 2 atom stereocenters. The van der Waals surface area contributed by atoms with Gasteiger partial charge in [-0.2, -0.15) is 0 Å². The second-order valence-corrected chi connectivity index (χ2v) is 10.6. The molecule has 0 fully saturated rings. The molecule has 0 aliphatic rings. The number of aromatic nitrogens is 2. The molecule has 4 rings (SSSR count). The van der Waals surface area contributed by atoms with E-state index in [1.807, 2.05) is 16.7 Å². The standard InChI is InChI=1S/C30H27F2N3O4S/c1-40(39)27(13-14-28(36)37)34-30(38)26-4-2-3-22(29(26)21-7-11-25(32)12-8-21)17-23(18-35-16-15-33-19-35)20-5-9-24(31)10-6-20/h2-12,15-17,19,27H,13-14,18H2,1H3,(H,34,38)(H,36,37). The van der Waals surface area contributed by atoms with E-state index < -0.39 is 34.2 Å². The normalized spacial score (nSPS) is 13.1. The summed E-state index contributed by atoms with van der Waals surface area (Å²) in [4.78, 5) is 28.7. The molecule has 0 saturated carbocycles. The lowest BCUT2D eigenvalue weighted by Gasteiger charge is -2.21. The fraction of sp³-hybridized carbons (Fsp3) is 0.167. The highest BCUT2D eigenvalue weighted by atomic mass is 32.2. The zero-order chi connectivity index (χ0) is 28.6. The number of carbonyl (C=O) groups excluding carboxylic acids is 1. The smallest absolute Gasteiger partial charge is 0.303 e. The van der Waals surface area contributed by atoms with E-state index in [1.165, 1.54) is 30.5 Å². The summed E-state index contributed by atoms with van der Waals surface area (Å²) in [5, 5.41) is 10.9. The van der Waals surface area contributed by atoms with Gasteiger partial charge in [-0.05, 0) is 69.8 Å². The molecule has 1 aromatic heterocycles. The van der Waals surface area contributed by atoms with Crippen LogP contribution in [0.15, 0.2) is 85.5 Å². The number of imidazole rings is 1. The Bertz CT molecular complexity index is 1490. The molecule has 7 nitrogen and oxygen atoms in total. The van der Waals surface area contributed by atoms with Crippen LogP contribution in [-0.2, 0) is 22.5 Å². The van der Waals surface area contributed by atoms with E-state index in [0.29, 0.717) is 23.2 Å². The quantitative estimate of drug-likeness (QED) is 0.189. The van der Waals surface area contributed by atoms with Crippen LogP contribution in [0.1, 0.15) is 34.3 Å². The Morgan fingerprint density at radius 1 is 1.07 bits per heavy atom. The third-order valence-corrected chi connectivity index (χ3v) is 7.40. The molecule has 40 heavy (non-hydrogen) atoms. The van der Waals surface area contributed by atoms with Crippen LogP contribution >= 0.6 is 0 Å². The summed E-state index contributed by atoms with van der Waals surface area (Å²) in [6.07, 6.45) is 8.12. The van der Waals surface area contributed by atoms with E-state index in [4.69, 9.17) is 5.11 Å². The van der Waals surface area contributed by atoms with Crippen molar-refractivity contribution in [2.24, 2.45) is 0 Å². The molecular formula is C30H27F2N3O4S. The van der Waals surface area contributed by atoms with Gasteiger partial charge in [0.2, 0.25) is 0 Å². The van der Waals surface area contributed by atoms with Gasteiger partial charge in [-0.3, -0.25) is 9.59 Å². The van der Waals surface area contributed by atoms with E-state index in [2.05, 4.69) is 10.3 Å². The lowest BCUT2D eigenvalue weighted by atomic mass is 9.91. The highest BCUT2D eigenvalue weighted by Gasteiger charge is 2.25. The van der Waals surface area contributed by atoms with Crippen molar-refractivity contribution in [3.8, 4) is 11.1 Å². The minimum atomic E-state index is -1.52. The van der Waals surface area contributed by atoms with Crippen molar-refractivity contribution < 1.29 is 28.0 Å². The van der Waals surface area contributed by atoms with Gasteiger partial charge >= 0.3 is 5.97 Å². The molecule has 206 valence electrons. The van der Waals surface area contributed by atoms with Gasteiger partial charge in [0.15, 0.2) is 5.37 Å². The van der Waals surface area contributed by atoms with Gasteiger partial charge in [0, 0.05) is 36.5 Å². The molecule has 1 amide bonds. The van der Waals surface area contributed by atoms with E-state index >= 15 is 0 Å². The number of nitrogens with one attached hydrogen (secondary N) is 1. The Labute approximate surface area is 233 Å². The van der Waals surface area contributed by atoms with Crippen LogP contribution in [-0.4, -0.2) is 42.7 Å². The number of amides is 1. The van der Waals surface area contributed by atoms with Crippen molar-refractivity contribution >= 4 is 34.7 Å². The number of allylic oxidation sites excluding steroid dienone is 1. The van der Waals surface area contributed by atoms with Crippen LogP contribution in [0.5, 0.6) is 0 Å². The summed E-state index contributed by atoms with van der Waals surface area (Å²) < 4.78 is 41.7. The summed E-state index contributed by atoms with van der Waals surface area (Å²) in [6.45, 7) is 0.400. The van der Waals surface area contributed by atoms with Crippen molar-refractivity contribution in [1.29, 1.82) is 0 Å². The van der Waals surface area contributed by atoms with Crippen LogP contribution in [0, 0.1) is 11.6 Å². The molecule has 10 heteroatoms. The SMILES string of the molecule is C[S+]([O-])C(CCC(=O)O)NC(=O)c1cccc(C=C(Cn2ccnc2)c2ccc(F)cc2)c1-c1ccc(F)cc1. The molecule has 0 radical (unpaired) electrons. The van der Waals surface area contributed by atoms with Crippen LogP contribution in [0.25, 0.3) is 22.8 Å². The molecule has 2 N–H and O–H groups in total. The maximum atomic E-state index is 13.8. The number of benzene rings is 3. The summed E-state index contributed by atoms with van der Waals surface area (Å²) >= 11 is -1.52. The van der Waals surface area contributed by atoms with Crippen LogP contribution in [0.3, 0.4) is 0 Å². The molecule has 0 bridgehead atoms. The van der Waals surface area contributed by atoms with Gasteiger partial charge in [-0.15, -0.1) is 0 Å². The van der Waals surface area contributed by atoms with Crippen LogP contribution in [0.2, 0.25) is 0 Å². The van der Waals surface area contributed by atoms with Crippen LogP contribution in [0.4, 0.5) is 8.78 Å². The molecule has 0 aliphatic heterocycles. The summed E-state index contributed by atoms with van der Waals surface area (Å²) in [6, 6.07) is 16.9. The Morgan fingerprint density at radius 2 is 1.75 bits per heavy atom. The first-order valence-electron chi connectivity index (χ1n) is 12.4. The molecule has 4 aromatic rings. The zero-order valence-corrected chi connectivity index (χ0v) is 22.4. The maximum Gasteiger partial charge on any atom is 0.303 e. The second kappa shape index (κ2) is 13.2. The molecule has 1 heterocycles. The molecule has 2 unspecified atom stereocenters. The monoisotopic (exact) mass is 563 g/mol. The third kappa shape index (κ3) is 7.43. The number of carboxylic acids is 1. The van der Waals surface area contributed by atoms with Crippen molar-refractivity contribution in [2.45, 2.75) is 24.8 Å². The number of aliphatic carboxylic acids is 1. The average Bonchev–Trinajstić information content (AvgIpc) is 3.44. The second-order valence-electron chi connectivity index (χ2n) is 9.08. The third-order valence-electron chi connectivity index (χ3n) is 6.24. The Kier molecular flexibility index (Phi) is 9.47. The fourth-order valence-corrected chi connectivity index (χ4v) is 4.99. The largest absolute Gasteiger partial charge is 0.615 e. The Morgan fingerprint density at radius 3 is 2.35 bits per heavy atom. The van der Waals surface area contributed by atoms with Gasteiger partial charge in [0.1, 0.15) is 11.6 Å². The zero-order valence-electron chi connectivity index (χ0n) is 21.6. The first-order valence-corrected chi connectivity index (χ1v) is 14.0.